The molecule has 2 amide bonds. The zero-order chi connectivity index (χ0) is 16.8. The molecule has 0 aliphatic heterocycles. The lowest BCUT2D eigenvalue weighted by Gasteiger charge is -2.21. The molecule has 1 heterocycles. The van der Waals surface area contributed by atoms with E-state index in [1.165, 1.54) is 0 Å². The third-order valence-electron chi connectivity index (χ3n) is 3.68. The van der Waals surface area contributed by atoms with E-state index in [2.05, 4.69) is 22.4 Å². The molecule has 6 nitrogen and oxygen atoms in total. The van der Waals surface area contributed by atoms with Crippen LogP contribution in [0, 0.1) is 0 Å². The van der Waals surface area contributed by atoms with Gasteiger partial charge < -0.3 is 15.3 Å². The van der Waals surface area contributed by atoms with Gasteiger partial charge in [0.05, 0.1) is 24.0 Å². The highest BCUT2D eigenvalue weighted by Gasteiger charge is 2.14. The van der Waals surface area contributed by atoms with Crippen LogP contribution in [0.2, 0.25) is 0 Å². The molecule has 0 unspecified atom stereocenters. The molecule has 23 heavy (non-hydrogen) atoms. The molecule has 0 aliphatic carbocycles. The Balaban J connectivity index is 1.89. The number of rotatable bonds is 6. The van der Waals surface area contributed by atoms with Gasteiger partial charge in [0, 0.05) is 7.05 Å². The second-order valence-corrected chi connectivity index (χ2v) is 5.75. The third kappa shape index (κ3) is 4.74. The largest absolute Gasteiger partial charge is 0.508 e. The molecule has 0 radical (unpaired) electrons. The molecule has 0 bridgehead atoms. The van der Waals surface area contributed by atoms with E-state index in [4.69, 9.17) is 0 Å². The van der Waals surface area contributed by atoms with Crippen LogP contribution in [-0.4, -0.2) is 33.3 Å². The summed E-state index contributed by atoms with van der Waals surface area (Å²) in [6.45, 7) is 4.50. The fourth-order valence-corrected chi connectivity index (χ4v) is 2.34. The number of aromatic amines is 1. The van der Waals surface area contributed by atoms with Crippen LogP contribution in [0.5, 0.6) is 5.75 Å². The number of benzene rings is 1. The molecule has 124 valence electrons. The second kappa shape index (κ2) is 7.67. The van der Waals surface area contributed by atoms with Gasteiger partial charge in [-0.2, -0.15) is 5.10 Å². The number of nitrogens with zero attached hydrogens (tertiary/aromatic N) is 2. The molecular weight excluding hydrogens is 292 g/mol. The lowest BCUT2D eigenvalue weighted by molar-refractivity contribution is 0.203. The number of amides is 2. The monoisotopic (exact) mass is 316 g/mol. The number of phenols is 1. The van der Waals surface area contributed by atoms with Gasteiger partial charge in [-0.3, -0.25) is 5.10 Å². The van der Waals surface area contributed by atoms with Gasteiger partial charge in [0.1, 0.15) is 5.75 Å². The summed E-state index contributed by atoms with van der Waals surface area (Å²) < 4.78 is 0. The Morgan fingerprint density at radius 3 is 2.74 bits per heavy atom. The minimum Gasteiger partial charge on any atom is -0.508 e. The Hall–Kier alpha value is -2.50. The number of hydrogen-bond acceptors (Lipinski definition) is 3. The molecular formula is C17H24N4O2. The number of aryl methyl sites for hydroxylation is 1. The van der Waals surface area contributed by atoms with E-state index < -0.39 is 0 Å². The SMILES string of the molecule is CCCc1cc(CN(C)C(=O)N[C@@H](C)c2ccc(O)cc2)[nH]n1. The molecule has 2 rings (SSSR count). The first-order valence-electron chi connectivity index (χ1n) is 7.83. The van der Waals surface area contributed by atoms with Crippen molar-refractivity contribution in [2.75, 3.05) is 7.05 Å². The van der Waals surface area contributed by atoms with Gasteiger partial charge in [0.25, 0.3) is 0 Å². The number of carbonyl (C=O) groups is 1. The molecule has 0 saturated heterocycles. The van der Waals surface area contributed by atoms with Crippen LogP contribution in [0.1, 0.15) is 43.3 Å². The van der Waals surface area contributed by atoms with Crippen LogP contribution in [0.3, 0.4) is 0 Å². The Labute approximate surface area is 136 Å². The highest BCUT2D eigenvalue weighted by molar-refractivity contribution is 5.74. The van der Waals surface area contributed by atoms with Crippen molar-refractivity contribution >= 4 is 6.03 Å². The number of phenolic OH excluding ortho intramolecular Hbond substituents is 1. The molecule has 1 aromatic carbocycles. The summed E-state index contributed by atoms with van der Waals surface area (Å²) in [6.07, 6.45) is 1.98. The number of nitrogens with one attached hydrogen (secondary N) is 2. The number of aromatic hydroxyl groups is 1. The van der Waals surface area contributed by atoms with E-state index in [-0.39, 0.29) is 17.8 Å². The average molecular weight is 316 g/mol. The van der Waals surface area contributed by atoms with Crippen LogP contribution < -0.4 is 5.32 Å². The fraction of sp³-hybridized carbons (Fsp3) is 0.412. The van der Waals surface area contributed by atoms with E-state index in [9.17, 15) is 9.90 Å². The zero-order valence-electron chi connectivity index (χ0n) is 13.8. The molecule has 1 atom stereocenters. The van der Waals surface area contributed by atoms with E-state index in [0.717, 1.165) is 29.8 Å². The van der Waals surface area contributed by atoms with Crippen molar-refractivity contribution < 1.29 is 9.90 Å². The predicted molar refractivity (Wildman–Crippen MR) is 89.1 cm³/mol. The summed E-state index contributed by atoms with van der Waals surface area (Å²) in [5.41, 5.74) is 2.88. The van der Waals surface area contributed by atoms with Crippen LogP contribution in [0.4, 0.5) is 4.79 Å². The van der Waals surface area contributed by atoms with Gasteiger partial charge in [-0.1, -0.05) is 25.5 Å². The van der Waals surface area contributed by atoms with Gasteiger partial charge in [-0.25, -0.2) is 4.79 Å². The number of urea groups is 1. The fourth-order valence-electron chi connectivity index (χ4n) is 2.34. The maximum Gasteiger partial charge on any atom is 0.317 e. The number of H-pyrrole nitrogens is 1. The molecule has 2 aromatic rings. The number of carbonyl (C=O) groups excluding carboxylic acids is 1. The van der Waals surface area contributed by atoms with Crippen LogP contribution in [0.15, 0.2) is 30.3 Å². The minimum atomic E-state index is -0.155. The molecule has 6 heteroatoms. The van der Waals surface area contributed by atoms with Gasteiger partial charge in [-0.15, -0.1) is 0 Å². The number of hydrogen-bond donors (Lipinski definition) is 3. The Kier molecular flexibility index (Phi) is 5.62. The third-order valence-corrected chi connectivity index (χ3v) is 3.68. The first-order valence-corrected chi connectivity index (χ1v) is 7.83. The van der Waals surface area contributed by atoms with E-state index >= 15 is 0 Å². The topological polar surface area (TPSA) is 81.3 Å². The van der Waals surface area contributed by atoms with Crippen LogP contribution >= 0.6 is 0 Å². The summed E-state index contributed by atoms with van der Waals surface area (Å²) in [5.74, 6) is 0.214. The molecule has 0 saturated carbocycles. The summed E-state index contributed by atoms with van der Waals surface area (Å²) in [5, 5.41) is 19.4. The van der Waals surface area contributed by atoms with Crippen molar-refractivity contribution in [3.8, 4) is 5.75 Å². The minimum absolute atomic E-state index is 0.136. The van der Waals surface area contributed by atoms with Crippen LogP contribution in [-0.2, 0) is 13.0 Å². The standard InChI is InChI=1S/C17H24N4O2/c1-4-5-14-10-15(20-19-14)11-21(3)17(23)18-12(2)13-6-8-16(22)9-7-13/h6-10,12,22H,4-5,11H2,1-3H3,(H,18,23)(H,19,20)/t12-/m0/s1. The smallest absolute Gasteiger partial charge is 0.317 e. The van der Waals surface area contributed by atoms with Crippen molar-refractivity contribution in [3.05, 3.63) is 47.3 Å². The lowest BCUT2D eigenvalue weighted by Crippen LogP contribution is -2.38. The second-order valence-electron chi connectivity index (χ2n) is 5.75. The van der Waals surface area contributed by atoms with Crippen LogP contribution in [0.25, 0.3) is 0 Å². The molecule has 0 spiro atoms. The lowest BCUT2D eigenvalue weighted by atomic mass is 10.1. The van der Waals surface area contributed by atoms with Gasteiger partial charge in [0.2, 0.25) is 0 Å². The van der Waals surface area contributed by atoms with Crippen molar-refractivity contribution in [1.82, 2.24) is 20.4 Å². The maximum atomic E-state index is 12.3. The van der Waals surface area contributed by atoms with Crippen molar-refractivity contribution in [2.45, 2.75) is 39.3 Å². The van der Waals surface area contributed by atoms with E-state index in [1.807, 2.05) is 13.0 Å². The highest BCUT2D eigenvalue weighted by Crippen LogP contribution is 2.16. The van der Waals surface area contributed by atoms with E-state index in [0.29, 0.717) is 6.54 Å². The quantitative estimate of drug-likeness (QED) is 0.766. The Morgan fingerprint density at radius 2 is 2.09 bits per heavy atom. The average Bonchev–Trinajstić information content (AvgIpc) is 2.95. The molecule has 0 fully saturated rings. The summed E-state index contributed by atoms with van der Waals surface area (Å²) >= 11 is 0. The van der Waals surface area contributed by atoms with Crippen molar-refractivity contribution in [3.63, 3.8) is 0 Å². The summed E-state index contributed by atoms with van der Waals surface area (Å²) in [7, 11) is 1.75. The normalized spacial score (nSPS) is 12.0. The molecule has 1 aromatic heterocycles. The first-order chi connectivity index (χ1) is 11.0. The van der Waals surface area contributed by atoms with E-state index in [1.54, 1.807) is 36.2 Å². The molecule has 0 aliphatic rings. The summed E-state index contributed by atoms with van der Waals surface area (Å²) in [6, 6.07) is 8.53. The molecule has 3 N–H and O–H groups in total. The Morgan fingerprint density at radius 1 is 1.39 bits per heavy atom. The van der Waals surface area contributed by atoms with Crippen molar-refractivity contribution in [1.29, 1.82) is 0 Å². The maximum absolute atomic E-state index is 12.3. The predicted octanol–water partition coefficient (Wildman–Crippen LogP) is 2.97. The Bertz CT molecular complexity index is 636. The first kappa shape index (κ1) is 16.9. The van der Waals surface area contributed by atoms with Gasteiger partial charge in [0.15, 0.2) is 0 Å². The van der Waals surface area contributed by atoms with Gasteiger partial charge in [-0.05, 0) is 37.1 Å². The highest BCUT2D eigenvalue weighted by atomic mass is 16.3. The number of aromatic nitrogens is 2. The summed E-state index contributed by atoms with van der Waals surface area (Å²) in [4.78, 5) is 13.9. The zero-order valence-corrected chi connectivity index (χ0v) is 13.8. The van der Waals surface area contributed by atoms with Crippen molar-refractivity contribution in [2.24, 2.45) is 0 Å². The van der Waals surface area contributed by atoms with Gasteiger partial charge >= 0.3 is 6.03 Å².